The lowest BCUT2D eigenvalue weighted by Crippen LogP contribution is -2.35. The maximum Gasteiger partial charge on any atom is 0.271 e. The zero-order chi connectivity index (χ0) is 20.2. The SMILES string of the molecule is CC[C@@]1(C)Cc2nc3sc4c(=O)n(Cc5ccccc5Cl)cnc4c3cc2CO1. The minimum absolute atomic E-state index is 0.0643. The Labute approximate surface area is 176 Å². The number of fused-ring (bicyclic) bond motifs is 4. The molecule has 1 aromatic carbocycles. The van der Waals surface area contributed by atoms with Crippen molar-refractivity contribution in [2.24, 2.45) is 0 Å². The molecule has 5 nitrogen and oxygen atoms in total. The van der Waals surface area contributed by atoms with Gasteiger partial charge in [-0.15, -0.1) is 11.3 Å². The molecule has 0 saturated heterocycles. The fourth-order valence-electron chi connectivity index (χ4n) is 3.76. The van der Waals surface area contributed by atoms with Gasteiger partial charge in [-0.3, -0.25) is 9.36 Å². The summed E-state index contributed by atoms with van der Waals surface area (Å²) in [6.45, 7) is 5.20. The molecule has 0 spiro atoms. The van der Waals surface area contributed by atoms with E-state index in [0.29, 0.717) is 28.4 Å². The molecule has 4 aromatic rings. The Bertz CT molecular complexity index is 1310. The predicted octanol–water partition coefficient (Wildman–Crippen LogP) is 4.95. The Morgan fingerprint density at radius 2 is 2.17 bits per heavy atom. The molecule has 0 aliphatic carbocycles. The van der Waals surface area contributed by atoms with Crippen molar-refractivity contribution in [2.75, 3.05) is 0 Å². The number of benzene rings is 1. The molecule has 0 N–H and O–H groups in total. The maximum absolute atomic E-state index is 13.1. The number of rotatable bonds is 3. The average molecular weight is 426 g/mol. The standard InChI is InChI=1S/C22H20ClN3O2S/c1-3-22(2)9-17-14(11-28-22)8-15-18-19(29-20(15)25-17)21(27)26(12-24-18)10-13-6-4-5-7-16(13)23/h4-8,12H,3,9-11H2,1-2H3/t22-/m0/s1. The molecule has 4 heterocycles. The molecule has 29 heavy (non-hydrogen) atoms. The third-order valence-corrected chi connectivity index (χ3v) is 7.22. The first-order chi connectivity index (χ1) is 14.0. The highest BCUT2D eigenvalue weighted by molar-refractivity contribution is 7.25. The van der Waals surface area contributed by atoms with Gasteiger partial charge in [0.2, 0.25) is 0 Å². The topological polar surface area (TPSA) is 57.0 Å². The first-order valence-corrected chi connectivity index (χ1v) is 10.8. The lowest BCUT2D eigenvalue weighted by Gasteiger charge is -2.33. The summed E-state index contributed by atoms with van der Waals surface area (Å²) in [5.74, 6) is 0. The van der Waals surface area contributed by atoms with Crippen LogP contribution in [0, 0.1) is 0 Å². The molecule has 148 valence electrons. The number of hydrogen-bond donors (Lipinski definition) is 0. The fourth-order valence-corrected chi connectivity index (χ4v) is 5.03. The molecule has 1 aliphatic heterocycles. The summed E-state index contributed by atoms with van der Waals surface area (Å²) in [5, 5.41) is 1.57. The van der Waals surface area contributed by atoms with Crippen molar-refractivity contribution >= 4 is 43.4 Å². The normalized spacial score (nSPS) is 19.0. The number of nitrogens with zero attached hydrogens (tertiary/aromatic N) is 3. The van der Waals surface area contributed by atoms with Gasteiger partial charge < -0.3 is 4.74 Å². The van der Waals surface area contributed by atoms with Crippen LogP contribution in [0.1, 0.15) is 37.1 Å². The van der Waals surface area contributed by atoms with Crippen molar-refractivity contribution in [2.45, 2.75) is 45.4 Å². The Kier molecular flexibility index (Phi) is 4.46. The zero-order valence-corrected chi connectivity index (χ0v) is 17.8. The molecular formula is C22H20ClN3O2S. The largest absolute Gasteiger partial charge is 0.370 e. The Morgan fingerprint density at radius 1 is 1.34 bits per heavy atom. The summed E-state index contributed by atoms with van der Waals surface area (Å²) in [5.41, 5.74) is 3.52. The second kappa shape index (κ2) is 6.90. The quantitative estimate of drug-likeness (QED) is 0.466. The van der Waals surface area contributed by atoms with E-state index in [1.54, 1.807) is 10.9 Å². The minimum atomic E-state index is -0.176. The van der Waals surface area contributed by atoms with Crippen molar-refractivity contribution in [3.05, 3.63) is 68.9 Å². The second-order valence-electron chi connectivity index (χ2n) is 7.76. The van der Waals surface area contributed by atoms with Crippen LogP contribution in [0.4, 0.5) is 0 Å². The molecule has 0 radical (unpaired) electrons. The van der Waals surface area contributed by atoms with E-state index < -0.39 is 0 Å². The third kappa shape index (κ3) is 3.16. The number of ether oxygens (including phenoxy) is 1. The monoisotopic (exact) mass is 425 g/mol. The summed E-state index contributed by atoms with van der Waals surface area (Å²) in [6, 6.07) is 9.63. The first kappa shape index (κ1) is 18.7. The van der Waals surface area contributed by atoms with Crippen LogP contribution >= 0.6 is 22.9 Å². The molecular weight excluding hydrogens is 406 g/mol. The second-order valence-corrected chi connectivity index (χ2v) is 9.17. The first-order valence-electron chi connectivity index (χ1n) is 9.65. The highest BCUT2D eigenvalue weighted by atomic mass is 35.5. The van der Waals surface area contributed by atoms with Crippen LogP contribution in [0.15, 0.2) is 41.5 Å². The molecule has 5 rings (SSSR count). The van der Waals surface area contributed by atoms with E-state index in [1.807, 2.05) is 24.3 Å². The zero-order valence-electron chi connectivity index (χ0n) is 16.2. The van der Waals surface area contributed by atoms with Gasteiger partial charge in [0, 0.05) is 22.4 Å². The van der Waals surface area contributed by atoms with Gasteiger partial charge in [0.25, 0.3) is 5.56 Å². The smallest absolute Gasteiger partial charge is 0.271 e. The molecule has 0 bridgehead atoms. The lowest BCUT2D eigenvalue weighted by atomic mass is 9.91. The van der Waals surface area contributed by atoms with Gasteiger partial charge in [0.15, 0.2) is 0 Å². The number of hydrogen-bond acceptors (Lipinski definition) is 5. The van der Waals surface area contributed by atoms with E-state index in [2.05, 4.69) is 24.9 Å². The molecule has 7 heteroatoms. The van der Waals surface area contributed by atoms with Crippen LogP contribution in [0.3, 0.4) is 0 Å². The van der Waals surface area contributed by atoms with Gasteiger partial charge in [-0.25, -0.2) is 9.97 Å². The van der Waals surface area contributed by atoms with E-state index in [0.717, 1.165) is 39.9 Å². The summed E-state index contributed by atoms with van der Waals surface area (Å²) in [7, 11) is 0. The van der Waals surface area contributed by atoms with Crippen LogP contribution in [0.25, 0.3) is 20.4 Å². The highest BCUT2D eigenvalue weighted by Crippen LogP contribution is 2.35. The average Bonchev–Trinajstić information content (AvgIpc) is 3.08. The molecule has 3 aromatic heterocycles. The van der Waals surface area contributed by atoms with Gasteiger partial charge in [0.1, 0.15) is 9.53 Å². The summed E-state index contributed by atoms with van der Waals surface area (Å²) in [4.78, 5) is 23.5. The minimum Gasteiger partial charge on any atom is -0.370 e. The van der Waals surface area contributed by atoms with Crippen molar-refractivity contribution in [3.63, 3.8) is 0 Å². The summed E-state index contributed by atoms with van der Waals surface area (Å²) < 4.78 is 8.30. The van der Waals surface area contributed by atoms with Gasteiger partial charge in [-0.2, -0.15) is 0 Å². The van der Waals surface area contributed by atoms with Crippen molar-refractivity contribution in [1.82, 2.24) is 14.5 Å². The maximum atomic E-state index is 13.1. The molecule has 0 fully saturated rings. The van der Waals surface area contributed by atoms with E-state index in [4.69, 9.17) is 21.3 Å². The van der Waals surface area contributed by atoms with E-state index in [9.17, 15) is 4.79 Å². The summed E-state index contributed by atoms with van der Waals surface area (Å²) in [6.07, 6.45) is 3.32. The number of halogens is 1. The van der Waals surface area contributed by atoms with Crippen LogP contribution in [0.5, 0.6) is 0 Å². The predicted molar refractivity (Wildman–Crippen MR) is 117 cm³/mol. The van der Waals surface area contributed by atoms with E-state index >= 15 is 0 Å². The molecule has 1 aliphatic rings. The van der Waals surface area contributed by atoms with E-state index in [1.165, 1.54) is 11.3 Å². The Morgan fingerprint density at radius 3 is 2.97 bits per heavy atom. The number of pyridine rings is 1. The summed E-state index contributed by atoms with van der Waals surface area (Å²) >= 11 is 7.68. The number of thiophene rings is 1. The Balaban J connectivity index is 1.62. The van der Waals surface area contributed by atoms with Crippen LogP contribution in [-0.2, 0) is 24.3 Å². The van der Waals surface area contributed by atoms with Crippen LogP contribution in [0.2, 0.25) is 5.02 Å². The molecule has 0 amide bonds. The van der Waals surface area contributed by atoms with Gasteiger partial charge in [-0.05, 0) is 31.0 Å². The molecule has 1 atom stereocenters. The Hall–Kier alpha value is -2.28. The highest BCUT2D eigenvalue weighted by Gasteiger charge is 2.31. The van der Waals surface area contributed by atoms with Gasteiger partial charge in [-0.1, -0.05) is 36.7 Å². The van der Waals surface area contributed by atoms with Crippen molar-refractivity contribution in [3.8, 4) is 0 Å². The van der Waals surface area contributed by atoms with Crippen molar-refractivity contribution < 1.29 is 4.74 Å². The van der Waals surface area contributed by atoms with E-state index in [-0.39, 0.29) is 11.2 Å². The van der Waals surface area contributed by atoms with Crippen LogP contribution in [-0.4, -0.2) is 20.1 Å². The molecule has 0 saturated carbocycles. The van der Waals surface area contributed by atoms with Gasteiger partial charge in [0.05, 0.1) is 36.3 Å². The van der Waals surface area contributed by atoms with Crippen LogP contribution < -0.4 is 5.56 Å². The van der Waals surface area contributed by atoms with Gasteiger partial charge >= 0.3 is 0 Å². The lowest BCUT2D eigenvalue weighted by molar-refractivity contribution is -0.0573. The fraction of sp³-hybridized carbons (Fsp3) is 0.318. The number of aromatic nitrogens is 3. The molecule has 0 unspecified atom stereocenters. The van der Waals surface area contributed by atoms with Crippen molar-refractivity contribution in [1.29, 1.82) is 0 Å². The third-order valence-electron chi connectivity index (χ3n) is 5.77.